The monoisotopic (exact) mass is 252 g/mol. The van der Waals surface area contributed by atoms with Gasteiger partial charge >= 0.3 is 0 Å². The van der Waals surface area contributed by atoms with E-state index in [1.165, 1.54) is 4.90 Å². The molecule has 0 radical (unpaired) electrons. The van der Waals surface area contributed by atoms with Gasteiger partial charge < -0.3 is 0 Å². The van der Waals surface area contributed by atoms with Crippen LogP contribution in [0.2, 0.25) is 0 Å². The fourth-order valence-corrected chi connectivity index (χ4v) is 3.07. The topological polar surface area (TPSA) is 25.8 Å². The normalized spacial score (nSPS) is 12.8. The largest absolute Gasteiger partial charge is 0.223 e. The van der Waals surface area contributed by atoms with Crippen molar-refractivity contribution in [2.75, 3.05) is 18.8 Å². The maximum Gasteiger partial charge on any atom is 0.147 e. The third-order valence-electron chi connectivity index (χ3n) is 2.33. The summed E-state index contributed by atoms with van der Waals surface area (Å²) in [6.07, 6.45) is 6.91. The summed E-state index contributed by atoms with van der Waals surface area (Å²) >= 11 is 1.64. The highest BCUT2D eigenvalue weighted by Crippen LogP contribution is 2.45. The van der Waals surface area contributed by atoms with Crippen LogP contribution in [0.3, 0.4) is 0 Å². The summed E-state index contributed by atoms with van der Waals surface area (Å²) in [5.41, 5.74) is 1.16. The average Bonchev–Trinajstić information content (AvgIpc) is 2.64. The van der Waals surface area contributed by atoms with Crippen molar-refractivity contribution in [3.63, 3.8) is 0 Å². The number of nitrogens with zero attached hydrogens (tertiary/aromatic N) is 2. The van der Waals surface area contributed by atoms with Crippen molar-refractivity contribution in [3.8, 4) is 10.6 Å². The van der Waals surface area contributed by atoms with Crippen LogP contribution < -0.4 is 0 Å². The Morgan fingerprint density at radius 2 is 1.62 bits per heavy atom. The van der Waals surface area contributed by atoms with E-state index in [0.717, 1.165) is 15.6 Å². The maximum atomic E-state index is 4.15. The van der Waals surface area contributed by atoms with Gasteiger partial charge in [0.1, 0.15) is 10.0 Å². The van der Waals surface area contributed by atoms with Gasteiger partial charge in [0.15, 0.2) is 0 Å². The van der Waals surface area contributed by atoms with Crippen molar-refractivity contribution >= 4 is 21.4 Å². The van der Waals surface area contributed by atoms with Gasteiger partial charge in [0.05, 0.1) is 0 Å². The molecule has 0 saturated carbocycles. The quantitative estimate of drug-likeness (QED) is 0.816. The standard InChI is InChI=1S/C12H16N2S2/c1-9-13-14-12(15-9)10-5-7-11(8-6-10)16(2,3)4/h5-8H,1-4H3. The second-order valence-corrected chi connectivity index (χ2v) is 9.82. The summed E-state index contributed by atoms with van der Waals surface area (Å²) in [6.45, 7) is 1.98. The van der Waals surface area contributed by atoms with Crippen molar-refractivity contribution in [2.45, 2.75) is 11.8 Å². The number of aromatic nitrogens is 2. The minimum Gasteiger partial charge on any atom is -0.223 e. The lowest BCUT2D eigenvalue weighted by atomic mass is 10.2. The minimum atomic E-state index is -0.629. The highest BCUT2D eigenvalue weighted by atomic mass is 32.3. The number of hydrogen-bond donors (Lipinski definition) is 0. The van der Waals surface area contributed by atoms with E-state index in [1.54, 1.807) is 11.3 Å². The van der Waals surface area contributed by atoms with Crippen molar-refractivity contribution in [3.05, 3.63) is 29.3 Å². The Morgan fingerprint density at radius 3 is 2.06 bits per heavy atom. The Bertz CT molecular complexity index is 480. The van der Waals surface area contributed by atoms with Gasteiger partial charge in [0.2, 0.25) is 0 Å². The Morgan fingerprint density at radius 1 is 1.00 bits per heavy atom. The third-order valence-corrected chi connectivity index (χ3v) is 4.91. The molecule has 0 saturated heterocycles. The lowest BCUT2D eigenvalue weighted by Crippen LogP contribution is -1.92. The summed E-state index contributed by atoms with van der Waals surface area (Å²) in [6, 6.07) is 8.71. The first-order valence-electron chi connectivity index (χ1n) is 5.06. The average molecular weight is 252 g/mol. The molecular weight excluding hydrogens is 236 g/mol. The van der Waals surface area contributed by atoms with Crippen LogP contribution in [0.4, 0.5) is 0 Å². The van der Waals surface area contributed by atoms with Crippen LogP contribution in [0.15, 0.2) is 29.2 Å². The molecule has 0 aliphatic rings. The minimum absolute atomic E-state index is 0.629. The summed E-state index contributed by atoms with van der Waals surface area (Å²) in [5, 5.41) is 10.2. The zero-order valence-electron chi connectivity index (χ0n) is 10.0. The zero-order chi connectivity index (χ0) is 11.8. The summed E-state index contributed by atoms with van der Waals surface area (Å²) in [7, 11) is -0.629. The highest BCUT2D eigenvalue weighted by Gasteiger charge is 2.09. The second kappa shape index (κ2) is 4.18. The second-order valence-electron chi connectivity index (χ2n) is 4.49. The van der Waals surface area contributed by atoms with Gasteiger partial charge in [-0.25, -0.2) is 10.0 Å². The van der Waals surface area contributed by atoms with E-state index in [2.05, 4.69) is 53.2 Å². The summed E-state index contributed by atoms with van der Waals surface area (Å²) in [5.74, 6) is 0. The van der Waals surface area contributed by atoms with Crippen LogP contribution in [0, 0.1) is 6.92 Å². The molecule has 4 heteroatoms. The van der Waals surface area contributed by atoms with Crippen LogP contribution in [0.25, 0.3) is 10.6 Å². The van der Waals surface area contributed by atoms with E-state index in [-0.39, 0.29) is 0 Å². The van der Waals surface area contributed by atoms with Gasteiger partial charge in [-0.15, -0.1) is 10.2 Å². The van der Waals surface area contributed by atoms with Crippen LogP contribution >= 0.6 is 21.4 Å². The molecule has 0 aliphatic carbocycles. The number of benzene rings is 1. The van der Waals surface area contributed by atoms with Gasteiger partial charge in [-0.3, -0.25) is 0 Å². The van der Waals surface area contributed by atoms with Crippen LogP contribution in [-0.2, 0) is 0 Å². The van der Waals surface area contributed by atoms with Crippen molar-refractivity contribution in [2.24, 2.45) is 0 Å². The molecule has 1 aromatic carbocycles. The van der Waals surface area contributed by atoms with Crippen LogP contribution in [-0.4, -0.2) is 29.0 Å². The van der Waals surface area contributed by atoms with Crippen LogP contribution in [0.5, 0.6) is 0 Å². The first kappa shape index (κ1) is 11.6. The van der Waals surface area contributed by atoms with Gasteiger partial charge in [-0.1, -0.05) is 23.5 Å². The summed E-state index contributed by atoms with van der Waals surface area (Å²) in [4.78, 5) is 1.43. The molecule has 0 unspecified atom stereocenters. The van der Waals surface area contributed by atoms with E-state index < -0.39 is 10.0 Å². The molecular formula is C12H16N2S2. The predicted molar refractivity (Wildman–Crippen MR) is 73.7 cm³/mol. The number of rotatable bonds is 2. The van der Waals surface area contributed by atoms with E-state index in [1.807, 2.05) is 6.92 Å². The summed E-state index contributed by atoms with van der Waals surface area (Å²) < 4.78 is 0. The number of hydrogen-bond acceptors (Lipinski definition) is 3. The molecule has 86 valence electrons. The molecule has 2 rings (SSSR count). The molecule has 0 atom stereocenters. The number of aryl methyl sites for hydroxylation is 1. The van der Waals surface area contributed by atoms with Gasteiger partial charge in [0.25, 0.3) is 0 Å². The lowest BCUT2D eigenvalue weighted by Gasteiger charge is -2.25. The van der Waals surface area contributed by atoms with E-state index >= 15 is 0 Å². The highest BCUT2D eigenvalue weighted by molar-refractivity contribution is 8.32. The molecule has 2 nitrogen and oxygen atoms in total. The molecule has 0 N–H and O–H groups in total. The fraction of sp³-hybridized carbons (Fsp3) is 0.333. The Kier molecular flexibility index (Phi) is 3.04. The molecule has 0 spiro atoms. The molecule has 0 amide bonds. The Balaban J connectivity index is 2.33. The molecule has 16 heavy (non-hydrogen) atoms. The van der Waals surface area contributed by atoms with E-state index in [4.69, 9.17) is 0 Å². The predicted octanol–water partition coefficient (Wildman–Crippen LogP) is 3.57. The van der Waals surface area contributed by atoms with E-state index in [9.17, 15) is 0 Å². The van der Waals surface area contributed by atoms with Gasteiger partial charge in [0, 0.05) is 5.56 Å². The zero-order valence-corrected chi connectivity index (χ0v) is 11.7. The van der Waals surface area contributed by atoms with Crippen LogP contribution in [0.1, 0.15) is 5.01 Å². The Labute approximate surface area is 102 Å². The molecule has 1 aromatic heterocycles. The molecule has 1 heterocycles. The fourth-order valence-electron chi connectivity index (χ4n) is 1.42. The third kappa shape index (κ3) is 2.44. The van der Waals surface area contributed by atoms with Gasteiger partial charge in [-0.05, 0) is 42.7 Å². The van der Waals surface area contributed by atoms with Crippen molar-refractivity contribution in [1.29, 1.82) is 0 Å². The van der Waals surface area contributed by atoms with Crippen molar-refractivity contribution in [1.82, 2.24) is 10.2 Å². The molecule has 0 fully saturated rings. The molecule has 2 aromatic rings. The molecule has 0 aliphatic heterocycles. The first-order valence-corrected chi connectivity index (χ1v) is 8.73. The first-order chi connectivity index (χ1) is 7.47. The molecule has 0 bridgehead atoms. The Hall–Kier alpha value is -0.870. The smallest absolute Gasteiger partial charge is 0.147 e. The SMILES string of the molecule is Cc1nnc(-c2ccc(S(C)(C)C)cc2)s1. The van der Waals surface area contributed by atoms with Crippen molar-refractivity contribution < 1.29 is 0 Å². The maximum absolute atomic E-state index is 4.15. The van der Waals surface area contributed by atoms with E-state index in [0.29, 0.717) is 0 Å². The lowest BCUT2D eigenvalue weighted by molar-refractivity contribution is 1.05. The van der Waals surface area contributed by atoms with Gasteiger partial charge in [-0.2, -0.15) is 0 Å².